The molecule has 0 saturated carbocycles. The van der Waals surface area contributed by atoms with Crippen molar-refractivity contribution in [1.29, 1.82) is 0 Å². The van der Waals surface area contributed by atoms with Crippen molar-refractivity contribution in [2.24, 2.45) is 0 Å². The number of H-pyrrole nitrogens is 1. The third-order valence-electron chi connectivity index (χ3n) is 3.30. The smallest absolute Gasteiger partial charge is 0.271 e. The molecule has 9 nitrogen and oxygen atoms in total. The summed E-state index contributed by atoms with van der Waals surface area (Å²) < 4.78 is 27.3. The number of halogens is 2. The monoisotopic (exact) mass is 367 g/mol. The molecule has 1 aromatic carbocycles. The zero-order valence-electron chi connectivity index (χ0n) is 13.3. The SMILES string of the molecule is O=C(CCCNC(=O)c1[nH]ncc1NC(=O)c1c(F)cccc1F)NO. The molecular weight excluding hydrogens is 352 g/mol. The molecule has 11 heteroatoms. The second kappa shape index (κ2) is 8.67. The first kappa shape index (κ1) is 19.0. The first-order chi connectivity index (χ1) is 12.4. The number of nitrogens with zero attached hydrogens (tertiary/aromatic N) is 1. The zero-order chi connectivity index (χ0) is 19.1. The summed E-state index contributed by atoms with van der Waals surface area (Å²) >= 11 is 0. The Balaban J connectivity index is 2.00. The maximum absolute atomic E-state index is 13.6. The zero-order valence-corrected chi connectivity index (χ0v) is 13.3. The van der Waals surface area contributed by atoms with Gasteiger partial charge in [0.2, 0.25) is 5.91 Å². The van der Waals surface area contributed by atoms with Crippen LogP contribution >= 0.6 is 0 Å². The molecule has 0 aliphatic carbocycles. The van der Waals surface area contributed by atoms with Gasteiger partial charge in [-0.25, -0.2) is 14.3 Å². The largest absolute Gasteiger partial charge is 0.351 e. The number of aromatic nitrogens is 2. The minimum absolute atomic E-state index is 0.00406. The quantitative estimate of drug-likeness (QED) is 0.282. The van der Waals surface area contributed by atoms with E-state index < -0.39 is 34.9 Å². The van der Waals surface area contributed by atoms with Gasteiger partial charge in [-0.2, -0.15) is 5.10 Å². The lowest BCUT2D eigenvalue weighted by atomic mass is 10.2. The second-order valence-electron chi connectivity index (χ2n) is 5.10. The van der Waals surface area contributed by atoms with E-state index in [4.69, 9.17) is 5.21 Å². The summed E-state index contributed by atoms with van der Waals surface area (Å²) in [6.45, 7) is 0.112. The van der Waals surface area contributed by atoms with Crippen LogP contribution in [-0.2, 0) is 4.79 Å². The average Bonchev–Trinajstić information content (AvgIpc) is 3.06. The molecule has 0 aliphatic heterocycles. The van der Waals surface area contributed by atoms with Gasteiger partial charge in [-0.05, 0) is 18.6 Å². The number of amides is 3. The van der Waals surface area contributed by atoms with E-state index in [0.717, 1.165) is 24.4 Å². The van der Waals surface area contributed by atoms with Crippen LogP contribution in [0.15, 0.2) is 24.4 Å². The molecule has 0 bridgehead atoms. The van der Waals surface area contributed by atoms with Crippen LogP contribution in [0.1, 0.15) is 33.7 Å². The van der Waals surface area contributed by atoms with Crippen LogP contribution in [0.5, 0.6) is 0 Å². The number of hydrogen-bond acceptors (Lipinski definition) is 5. The van der Waals surface area contributed by atoms with Crippen molar-refractivity contribution in [1.82, 2.24) is 21.0 Å². The van der Waals surface area contributed by atoms with Crippen molar-refractivity contribution in [3.8, 4) is 0 Å². The summed E-state index contributed by atoms with van der Waals surface area (Å²) in [5.41, 5.74) is 0.487. The van der Waals surface area contributed by atoms with E-state index in [1.165, 1.54) is 5.48 Å². The molecule has 1 heterocycles. The van der Waals surface area contributed by atoms with Gasteiger partial charge in [0.1, 0.15) is 22.9 Å². The number of carbonyl (C=O) groups excluding carboxylic acids is 3. The topological polar surface area (TPSA) is 136 Å². The average molecular weight is 367 g/mol. The molecule has 5 N–H and O–H groups in total. The summed E-state index contributed by atoms with van der Waals surface area (Å²) in [6, 6.07) is 2.99. The standard InChI is InChI=1S/C15H15F2N5O4/c16-8-3-1-4-9(17)12(8)14(24)20-10-7-19-21-13(10)15(25)18-6-2-5-11(23)22-26/h1,3-4,7,26H,2,5-6H2,(H,18,25)(H,19,21)(H,20,24)(H,22,23). The van der Waals surface area contributed by atoms with Crippen molar-refractivity contribution in [2.45, 2.75) is 12.8 Å². The fourth-order valence-electron chi connectivity index (χ4n) is 2.05. The lowest BCUT2D eigenvalue weighted by molar-refractivity contribution is -0.129. The van der Waals surface area contributed by atoms with Crippen LogP contribution in [-0.4, -0.2) is 39.7 Å². The van der Waals surface area contributed by atoms with Gasteiger partial charge in [-0.15, -0.1) is 0 Å². The molecule has 0 atom stereocenters. The molecule has 0 saturated heterocycles. The predicted octanol–water partition coefficient (Wildman–Crippen LogP) is 0.956. The van der Waals surface area contributed by atoms with Crippen LogP contribution in [0.2, 0.25) is 0 Å². The van der Waals surface area contributed by atoms with Gasteiger partial charge < -0.3 is 10.6 Å². The van der Waals surface area contributed by atoms with Crippen LogP contribution < -0.4 is 16.1 Å². The van der Waals surface area contributed by atoms with Crippen LogP contribution in [0.3, 0.4) is 0 Å². The van der Waals surface area contributed by atoms with Crippen molar-refractivity contribution >= 4 is 23.4 Å². The molecule has 0 radical (unpaired) electrons. The Morgan fingerprint density at radius 2 is 1.85 bits per heavy atom. The van der Waals surface area contributed by atoms with Crippen molar-refractivity contribution < 1.29 is 28.4 Å². The van der Waals surface area contributed by atoms with Crippen LogP contribution in [0.25, 0.3) is 0 Å². The van der Waals surface area contributed by atoms with Crippen molar-refractivity contribution in [3.05, 3.63) is 47.3 Å². The van der Waals surface area contributed by atoms with E-state index in [0.29, 0.717) is 0 Å². The Hall–Kier alpha value is -3.34. The molecule has 26 heavy (non-hydrogen) atoms. The number of carbonyl (C=O) groups is 3. The maximum atomic E-state index is 13.6. The highest BCUT2D eigenvalue weighted by Crippen LogP contribution is 2.17. The number of nitrogens with one attached hydrogen (secondary N) is 4. The van der Waals surface area contributed by atoms with Crippen LogP contribution in [0, 0.1) is 11.6 Å². The Morgan fingerprint density at radius 1 is 1.15 bits per heavy atom. The van der Waals surface area contributed by atoms with Gasteiger partial charge >= 0.3 is 0 Å². The Kier molecular flexibility index (Phi) is 6.33. The van der Waals surface area contributed by atoms with E-state index in [2.05, 4.69) is 20.8 Å². The van der Waals surface area contributed by atoms with Gasteiger partial charge in [-0.1, -0.05) is 6.07 Å². The molecule has 0 spiro atoms. The molecule has 0 unspecified atom stereocenters. The normalized spacial score (nSPS) is 10.3. The van der Waals surface area contributed by atoms with Gasteiger partial charge in [0.15, 0.2) is 0 Å². The summed E-state index contributed by atoms with van der Waals surface area (Å²) in [7, 11) is 0. The Bertz CT molecular complexity index is 804. The van der Waals surface area contributed by atoms with E-state index in [9.17, 15) is 23.2 Å². The summed E-state index contributed by atoms with van der Waals surface area (Å²) in [6.07, 6.45) is 1.37. The molecule has 2 rings (SSSR count). The molecule has 0 fully saturated rings. The van der Waals surface area contributed by atoms with Crippen LogP contribution in [0.4, 0.5) is 14.5 Å². The number of rotatable bonds is 7. The second-order valence-corrected chi connectivity index (χ2v) is 5.10. The van der Waals surface area contributed by atoms with Gasteiger partial charge in [0, 0.05) is 13.0 Å². The fraction of sp³-hybridized carbons (Fsp3) is 0.200. The summed E-state index contributed by atoms with van der Waals surface area (Å²) in [5.74, 6) is -4.40. The minimum atomic E-state index is -1.07. The van der Waals surface area contributed by atoms with E-state index in [1.54, 1.807) is 0 Å². The highest BCUT2D eigenvalue weighted by atomic mass is 19.1. The van der Waals surface area contributed by atoms with Crippen molar-refractivity contribution in [2.75, 3.05) is 11.9 Å². The van der Waals surface area contributed by atoms with E-state index in [-0.39, 0.29) is 30.8 Å². The number of anilines is 1. The molecule has 3 amide bonds. The lowest BCUT2D eigenvalue weighted by Crippen LogP contribution is -2.28. The predicted molar refractivity (Wildman–Crippen MR) is 84.4 cm³/mol. The van der Waals surface area contributed by atoms with Gasteiger partial charge in [0.25, 0.3) is 11.8 Å². The molecule has 2 aromatic rings. The van der Waals surface area contributed by atoms with Gasteiger partial charge in [0.05, 0.1) is 11.9 Å². The lowest BCUT2D eigenvalue weighted by Gasteiger charge is -2.08. The molecular formula is C15H15F2N5O4. The minimum Gasteiger partial charge on any atom is -0.351 e. The number of benzene rings is 1. The Morgan fingerprint density at radius 3 is 2.50 bits per heavy atom. The van der Waals surface area contributed by atoms with E-state index in [1.807, 2.05) is 0 Å². The fourth-order valence-corrected chi connectivity index (χ4v) is 2.05. The number of hydrogen-bond donors (Lipinski definition) is 5. The first-order valence-electron chi connectivity index (χ1n) is 7.44. The summed E-state index contributed by atoms with van der Waals surface area (Å²) in [4.78, 5) is 35.0. The maximum Gasteiger partial charge on any atom is 0.271 e. The highest BCUT2D eigenvalue weighted by Gasteiger charge is 2.21. The molecule has 1 aromatic heterocycles. The Labute approximate surface area is 145 Å². The third-order valence-corrected chi connectivity index (χ3v) is 3.30. The third kappa shape index (κ3) is 4.60. The number of aromatic amines is 1. The van der Waals surface area contributed by atoms with Gasteiger partial charge in [-0.3, -0.25) is 24.7 Å². The van der Waals surface area contributed by atoms with Crippen molar-refractivity contribution in [3.63, 3.8) is 0 Å². The van der Waals surface area contributed by atoms with E-state index >= 15 is 0 Å². The summed E-state index contributed by atoms with van der Waals surface area (Å²) in [5, 5.41) is 19.0. The number of hydroxylamine groups is 1. The highest BCUT2D eigenvalue weighted by molar-refractivity contribution is 6.08. The first-order valence-corrected chi connectivity index (χ1v) is 7.44. The molecule has 0 aliphatic rings. The molecule has 138 valence electrons.